The minimum absolute atomic E-state index is 0.127. The molecule has 0 aliphatic heterocycles. The fraction of sp³-hybridized carbons (Fsp3) is 1.00. The summed E-state index contributed by atoms with van der Waals surface area (Å²) in [5.74, 6) is 0.720. The van der Waals surface area contributed by atoms with Crippen LogP contribution in [-0.2, 0) is 9.09 Å². The van der Waals surface area contributed by atoms with Crippen LogP contribution in [0.3, 0.4) is 0 Å². The van der Waals surface area contributed by atoms with E-state index in [4.69, 9.17) is 9.79 Å². The molecule has 74 valence electrons. The smallest absolute Gasteiger partial charge is 0.303 e. The van der Waals surface area contributed by atoms with Crippen molar-refractivity contribution >= 4 is 7.82 Å². The van der Waals surface area contributed by atoms with Crippen molar-refractivity contribution in [2.45, 2.75) is 27.2 Å². The van der Waals surface area contributed by atoms with E-state index in [0.29, 0.717) is 5.92 Å². The second kappa shape index (κ2) is 4.97. The molecular formula is C7H17O4P. The molecule has 0 aliphatic carbocycles. The normalized spacial score (nSPS) is 15.2. The molecule has 0 saturated carbocycles. The summed E-state index contributed by atoms with van der Waals surface area (Å²) < 4.78 is 14.7. The van der Waals surface area contributed by atoms with Crippen molar-refractivity contribution in [3.63, 3.8) is 0 Å². The zero-order valence-corrected chi connectivity index (χ0v) is 8.62. The van der Waals surface area contributed by atoms with Gasteiger partial charge in [-0.3, -0.25) is 4.52 Å². The van der Waals surface area contributed by atoms with E-state index in [1.807, 2.05) is 6.92 Å². The van der Waals surface area contributed by atoms with Crippen molar-refractivity contribution < 1.29 is 18.9 Å². The second-order valence-electron chi connectivity index (χ2n) is 3.52. The predicted molar refractivity (Wildman–Crippen MR) is 46.6 cm³/mol. The van der Waals surface area contributed by atoms with Gasteiger partial charge in [-0.25, -0.2) is 4.57 Å². The van der Waals surface area contributed by atoms with Crippen molar-refractivity contribution in [3.8, 4) is 0 Å². The first-order valence-electron chi connectivity index (χ1n) is 4.01. The summed E-state index contributed by atoms with van der Waals surface area (Å²) in [6.07, 6.45) is 0.917. The van der Waals surface area contributed by atoms with Crippen molar-refractivity contribution in [2.24, 2.45) is 11.8 Å². The highest BCUT2D eigenvalue weighted by atomic mass is 31.2. The molecule has 1 unspecified atom stereocenters. The van der Waals surface area contributed by atoms with E-state index in [1.165, 1.54) is 0 Å². The summed E-state index contributed by atoms with van der Waals surface area (Å²) in [5, 5.41) is 0. The van der Waals surface area contributed by atoms with Gasteiger partial charge in [0.05, 0.1) is 6.61 Å². The number of hydrogen-bond acceptors (Lipinski definition) is 2. The van der Waals surface area contributed by atoms with Crippen molar-refractivity contribution in [1.82, 2.24) is 0 Å². The molecule has 2 N–H and O–H groups in total. The van der Waals surface area contributed by atoms with Crippen LogP contribution in [-0.4, -0.2) is 16.4 Å². The van der Waals surface area contributed by atoms with Crippen LogP contribution in [0.5, 0.6) is 0 Å². The Morgan fingerprint density at radius 3 is 2.17 bits per heavy atom. The van der Waals surface area contributed by atoms with Crippen molar-refractivity contribution in [2.75, 3.05) is 6.61 Å². The average Bonchev–Trinajstić information content (AvgIpc) is 1.80. The molecule has 0 saturated heterocycles. The Hall–Kier alpha value is 0.110. The quantitative estimate of drug-likeness (QED) is 0.657. The first kappa shape index (κ1) is 12.1. The summed E-state index contributed by atoms with van der Waals surface area (Å²) in [6.45, 7) is 6.17. The lowest BCUT2D eigenvalue weighted by molar-refractivity contribution is 0.164. The van der Waals surface area contributed by atoms with Crippen molar-refractivity contribution in [1.29, 1.82) is 0 Å². The Morgan fingerprint density at radius 1 is 1.33 bits per heavy atom. The van der Waals surface area contributed by atoms with Crippen LogP contribution in [0.15, 0.2) is 0 Å². The first-order chi connectivity index (χ1) is 5.31. The van der Waals surface area contributed by atoms with Crippen LogP contribution < -0.4 is 0 Å². The molecule has 12 heavy (non-hydrogen) atoms. The third-order valence-electron chi connectivity index (χ3n) is 1.40. The Morgan fingerprint density at radius 2 is 1.83 bits per heavy atom. The van der Waals surface area contributed by atoms with Gasteiger partial charge in [0.25, 0.3) is 0 Å². The van der Waals surface area contributed by atoms with E-state index in [1.54, 1.807) is 0 Å². The first-order valence-corrected chi connectivity index (χ1v) is 5.54. The van der Waals surface area contributed by atoms with Gasteiger partial charge < -0.3 is 9.79 Å². The fourth-order valence-corrected chi connectivity index (χ4v) is 1.55. The van der Waals surface area contributed by atoms with E-state index in [9.17, 15) is 4.57 Å². The largest absolute Gasteiger partial charge is 0.469 e. The van der Waals surface area contributed by atoms with Gasteiger partial charge in [0, 0.05) is 0 Å². The van der Waals surface area contributed by atoms with Gasteiger partial charge in [0.2, 0.25) is 0 Å². The van der Waals surface area contributed by atoms with E-state index in [0.717, 1.165) is 6.42 Å². The average molecular weight is 196 g/mol. The van der Waals surface area contributed by atoms with Gasteiger partial charge in [0.1, 0.15) is 0 Å². The zero-order chi connectivity index (χ0) is 9.78. The molecule has 0 rings (SSSR count). The topological polar surface area (TPSA) is 66.8 Å². The molecule has 4 nitrogen and oxygen atoms in total. The summed E-state index contributed by atoms with van der Waals surface area (Å²) in [7, 11) is -4.26. The van der Waals surface area contributed by atoms with Crippen LogP contribution in [0, 0.1) is 11.8 Å². The number of phosphoric ester groups is 1. The molecule has 0 radical (unpaired) electrons. The van der Waals surface area contributed by atoms with Gasteiger partial charge in [-0.15, -0.1) is 0 Å². The molecule has 0 aromatic heterocycles. The van der Waals surface area contributed by atoms with Gasteiger partial charge >= 0.3 is 7.82 Å². The molecule has 0 bridgehead atoms. The van der Waals surface area contributed by atoms with E-state index in [-0.39, 0.29) is 12.5 Å². The summed E-state index contributed by atoms with van der Waals surface area (Å²) >= 11 is 0. The van der Waals surface area contributed by atoms with Gasteiger partial charge in [-0.1, -0.05) is 20.8 Å². The third-order valence-corrected chi connectivity index (χ3v) is 1.89. The standard InChI is InChI=1S/C7H17O4P/c1-6(2)4-7(3)5-11-12(8,9)10/h6-7H,4-5H2,1-3H3,(H2,8,9,10). The fourth-order valence-electron chi connectivity index (χ4n) is 1.10. The molecule has 0 aromatic rings. The van der Waals surface area contributed by atoms with Crippen LogP contribution in [0.2, 0.25) is 0 Å². The third kappa shape index (κ3) is 8.21. The minimum Gasteiger partial charge on any atom is -0.303 e. The Balaban J connectivity index is 3.58. The Bertz CT molecular complexity index is 163. The molecular weight excluding hydrogens is 179 g/mol. The van der Waals surface area contributed by atoms with Crippen molar-refractivity contribution in [3.05, 3.63) is 0 Å². The van der Waals surface area contributed by atoms with Crippen LogP contribution in [0.1, 0.15) is 27.2 Å². The highest BCUT2D eigenvalue weighted by Crippen LogP contribution is 2.36. The number of hydrogen-bond donors (Lipinski definition) is 2. The van der Waals surface area contributed by atoms with Crippen LogP contribution in [0.25, 0.3) is 0 Å². The molecule has 0 spiro atoms. The highest BCUT2D eigenvalue weighted by Gasteiger charge is 2.16. The lowest BCUT2D eigenvalue weighted by Gasteiger charge is -2.14. The molecule has 0 aromatic carbocycles. The maximum Gasteiger partial charge on any atom is 0.469 e. The summed E-state index contributed by atoms with van der Waals surface area (Å²) in [6, 6.07) is 0. The summed E-state index contributed by atoms with van der Waals surface area (Å²) in [4.78, 5) is 16.8. The predicted octanol–water partition coefficient (Wildman–Crippen LogP) is 1.78. The molecule has 0 fully saturated rings. The lowest BCUT2D eigenvalue weighted by Crippen LogP contribution is -2.07. The lowest BCUT2D eigenvalue weighted by atomic mass is 10.0. The molecule has 0 aliphatic rings. The van der Waals surface area contributed by atoms with Crippen LogP contribution in [0.4, 0.5) is 0 Å². The maximum atomic E-state index is 10.3. The number of rotatable bonds is 5. The maximum absolute atomic E-state index is 10.3. The minimum atomic E-state index is -4.26. The van der Waals surface area contributed by atoms with E-state index < -0.39 is 7.82 Å². The van der Waals surface area contributed by atoms with Crippen LogP contribution >= 0.6 is 7.82 Å². The summed E-state index contributed by atoms with van der Waals surface area (Å²) in [5.41, 5.74) is 0. The molecule has 0 amide bonds. The number of phosphoric acid groups is 1. The Labute approximate surface area is 73.2 Å². The van der Waals surface area contributed by atoms with E-state index >= 15 is 0 Å². The molecule has 1 atom stereocenters. The van der Waals surface area contributed by atoms with Gasteiger partial charge in [-0.2, -0.15) is 0 Å². The zero-order valence-electron chi connectivity index (χ0n) is 7.73. The second-order valence-corrected chi connectivity index (χ2v) is 4.76. The molecule has 5 heteroatoms. The molecule has 0 heterocycles. The SMILES string of the molecule is CC(C)CC(C)COP(=O)(O)O. The van der Waals surface area contributed by atoms with E-state index in [2.05, 4.69) is 18.4 Å². The van der Waals surface area contributed by atoms with Gasteiger partial charge in [0.15, 0.2) is 0 Å². The Kier molecular flexibility index (Phi) is 5.02. The monoisotopic (exact) mass is 196 g/mol. The highest BCUT2D eigenvalue weighted by molar-refractivity contribution is 7.46. The van der Waals surface area contributed by atoms with Gasteiger partial charge in [-0.05, 0) is 18.3 Å².